The van der Waals surface area contributed by atoms with E-state index in [2.05, 4.69) is 10.6 Å². The summed E-state index contributed by atoms with van der Waals surface area (Å²) >= 11 is 5.31. The monoisotopic (exact) mass is 367 g/mol. The van der Waals surface area contributed by atoms with Crippen LogP contribution in [0.15, 0.2) is 54.1 Å². The van der Waals surface area contributed by atoms with Crippen LogP contribution in [0.5, 0.6) is 0 Å². The summed E-state index contributed by atoms with van der Waals surface area (Å²) in [6.45, 7) is 3.46. The average molecular weight is 367 g/mol. The van der Waals surface area contributed by atoms with Gasteiger partial charge in [-0.3, -0.25) is 14.9 Å². The Morgan fingerprint density at radius 1 is 1.19 bits per heavy atom. The number of nitro groups is 1. The summed E-state index contributed by atoms with van der Waals surface area (Å²) in [6, 6.07) is 13.4. The summed E-state index contributed by atoms with van der Waals surface area (Å²) in [7, 11) is 0. The number of ketones is 1. The van der Waals surface area contributed by atoms with Crippen molar-refractivity contribution in [3.8, 4) is 0 Å². The molecule has 0 unspecified atom stereocenters. The van der Waals surface area contributed by atoms with Crippen LogP contribution in [0, 0.1) is 17.0 Å². The van der Waals surface area contributed by atoms with Gasteiger partial charge in [0.05, 0.1) is 16.7 Å². The van der Waals surface area contributed by atoms with Gasteiger partial charge in [-0.2, -0.15) is 0 Å². The highest BCUT2D eigenvalue weighted by atomic mass is 32.1. The van der Waals surface area contributed by atoms with Gasteiger partial charge in [0, 0.05) is 17.7 Å². The zero-order chi connectivity index (χ0) is 18.8. The molecule has 3 rings (SSSR count). The van der Waals surface area contributed by atoms with Gasteiger partial charge in [0.1, 0.15) is 0 Å². The maximum Gasteiger partial charge on any atom is 0.269 e. The molecule has 2 aromatic rings. The van der Waals surface area contributed by atoms with Gasteiger partial charge in [-0.05, 0) is 37.2 Å². The van der Waals surface area contributed by atoms with Crippen molar-refractivity contribution in [2.75, 3.05) is 0 Å². The van der Waals surface area contributed by atoms with Crippen LogP contribution in [0.2, 0.25) is 0 Å². The quantitative estimate of drug-likeness (QED) is 0.489. The Morgan fingerprint density at radius 3 is 2.50 bits per heavy atom. The summed E-state index contributed by atoms with van der Waals surface area (Å²) in [5.41, 5.74) is 3.62. The lowest BCUT2D eigenvalue weighted by atomic mass is 9.90. The molecule has 132 valence electrons. The van der Waals surface area contributed by atoms with Crippen molar-refractivity contribution in [3.63, 3.8) is 0 Å². The lowest BCUT2D eigenvalue weighted by Crippen LogP contribution is -2.44. The Labute approximate surface area is 156 Å². The predicted octanol–water partition coefficient (Wildman–Crippen LogP) is 3.42. The maximum atomic E-state index is 12.4. The first-order valence-corrected chi connectivity index (χ1v) is 8.41. The Balaban J connectivity index is 2.17. The van der Waals surface area contributed by atoms with Crippen LogP contribution >= 0.6 is 12.2 Å². The highest BCUT2D eigenvalue weighted by molar-refractivity contribution is 7.80. The van der Waals surface area contributed by atoms with Crippen LogP contribution < -0.4 is 10.6 Å². The number of rotatable bonds is 4. The number of nitrogens with zero attached hydrogens (tertiary/aromatic N) is 1. The van der Waals surface area contributed by atoms with Gasteiger partial charge in [0.2, 0.25) is 0 Å². The van der Waals surface area contributed by atoms with Crippen LogP contribution in [0.3, 0.4) is 0 Å². The molecule has 6 nitrogen and oxygen atoms in total. The fourth-order valence-electron chi connectivity index (χ4n) is 2.96. The summed E-state index contributed by atoms with van der Waals surface area (Å²) < 4.78 is 0. The minimum atomic E-state index is -0.558. The molecule has 0 radical (unpaired) electrons. The number of nitro benzene ring substituents is 1. The van der Waals surface area contributed by atoms with Crippen molar-refractivity contribution in [1.82, 2.24) is 10.6 Å². The van der Waals surface area contributed by atoms with E-state index in [1.165, 1.54) is 19.1 Å². The van der Waals surface area contributed by atoms with E-state index in [-0.39, 0.29) is 11.5 Å². The van der Waals surface area contributed by atoms with Gasteiger partial charge >= 0.3 is 0 Å². The number of non-ortho nitro benzene ring substituents is 1. The third kappa shape index (κ3) is 3.48. The molecule has 0 bridgehead atoms. The predicted molar refractivity (Wildman–Crippen MR) is 103 cm³/mol. The molecule has 0 saturated heterocycles. The van der Waals surface area contributed by atoms with Crippen LogP contribution in [0.4, 0.5) is 5.69 Å². The number of nitrogens with one attached hydrogen (secondary N) is 2. The first-order valence-electron chi connectivity index (χ1n) is 8.01. The van der Waals surface area contributed by atoms with E-state index in [4.69, 9.17) is 12.2 Å². The Kier molecular flexibility index (Phi) is 4.81. The van der Waals surface area contributed by atoms with Gasteiger partial charge in [0.25, 0.3) is 5.69 Å². The molecule has 0 spiro atoms. The standard InChI is InChI=1S/C19H17N3O3S/c1-11-6-8-13(9-7-11)17-16(12(2)23)18(21-19(26)20-17)14-4-3-5-15(10-14)22(24)25/h3-10,18H,1-2H3,(H2,20,21,26)/t18-/m0/s1. The second kappa shape index (κ2) is 7.05. The summed E-state index contributed by atoms with van der Waals surface area (Å²) in [4.78, 5) is 23.1. The minimum Gasteiger partial charge on any atom is -0.351 e. The number of thiocarbonyl (C=S) groups is 1. The van der Waals surface area contributed by atoms with Crippen molar-refractivity contribution in [3.05, 3.63) is 80.9 Å². The molecule has 7 heteroatoms. The van der Waals surface area contributed by atoms with Crippen molar-refractivity contribution < 1.29 is 9.72 Å². The lowest BCUT2D eigenvalue weighted by molar-refractivity contribution is -0.384. The summed E-state index contributed by atoms with van der Waals surface area (Å²) in [6.07, 6.45) is 0. The number of Topliss-reactive ketones (excluding diaryl/α,β-unsaturated/α-hetero) is 1. The molecular formula is C19H17N3O3S. The molecule has 2 aromatic carbocycles. The van der Waals surface area contributed by atoms with Crippen molar-refractivity contribution in [2.24, 2.45) is 0 Å². The van der Waals surface area contributed by atoms with E-state index in [1.807, 2.05) is 31.2 Å². The summed E-state index contributed by atoms with van der Waals surface area (Å²) in [5.74, 6) is -0.139. The van der Waals surface area contributed by atoms with Crippen molar-refractivity contribution in [2.45, 2.75) is 19.9 Å². The topological polar surface area (TPSA) is 84.3 Å². The van der Waals surface area contributed by atoms with Crippen LogP contribution in [-0.2, 0) is 4.79 Å². The van der Waals surface area contributed by atoms with Crippen molar-refractivity contribution in [1.29, 1.82) is 0 Å². The number of carbonyl (C=O) groups is 1. The molecule has 1 aliphatic heterocycles. The van der Waals surface area contributed by atoms with Crippen LogP contribution in [0.25, 0.3) is 5.70 Å². The van der Waals surface area contributed by atoms with E-state index in [0.29, 0.717) is 21.9 Å². The van der Waals surface area contributed by atoms with Crippen molar-refractivity contribution >= 4 is 34.5 Å². The molecular weight excluding hydrogens is 350 g/mol. The van der Waals surface area contributed by atoms with E-state index >= 15 is 0 Å². The SMILES string of the molecule is CC(=O)C1=C(c2ccc(C)cc2)NC(=S)N[C@H]1c1cccc([N+](=O)[O-])c1. The van der Waals surface area contributed by atoms with E-state index in [9.17, 15) is 14.9 Å². The molecule has 2 N–H and O–H groups in total. The minimum absolute atomic E-state index is 0.0338. The smallest absolute Gasteiger partial charge is 0.269 e. The lowest BCUT2D eigenvalue weighted by Gasteiger charge is -2.31. The molecule has 0 saturated carbocycles. The van der Waals surface area contributed by atoms with Gasteiger partial charge in [0.15, 0.2) is 10.9 Å². The number of aryl methyl sites for hydroxylation is 1. The van der Waals surface area contributed by atoms with Gasteiger partial charge in [-0.25, -0.2) is 0 Å². The second-order valence-electron chi connectivity index (χ2n) is 6.09. The third-order valence-corrected chi connectivity index (χ3v) is 4.43. The Hall–Kier alpha value is -3.06. The first kappa shape index (κ1) is 17.8. The fourth-order valence-corrected chi connectivity index (χ4v) is 3.18. The fraction of sp³-hybridized carbons (Fsp3) is 0.158. The van der Waals surface area contributed by atoms with E-state index in [0.717, 1.165) is 11.1 Å². The number of hydrogen-bond donors (Lipinski definition) is 2. The first-order chi connectivity index (χ1) is 12.4. The van der Waals surface area contributed by atoms with Gasteiger partial charge in [-0.1, -0.05) is 42.0 Å². The summed E-state index contributed by atoms with van der Waals surface area (Å²) in [5, 5.41) is 17.6. The van der Waals surface area contributed by atoms with E-state index in [1.54, 1.807) is 12.1 Å². The average Bonchev–Trinajstić information content (AvgIpc) is 2.61. The number of carbonyl (C=O) groups excluding carboxylic acids is 1. The van der Waals surface area contributed by atoms with Crippen LogP contribution in [0.1, 0.15) is 29.7 Å². The molecule has 1 heterocycles. The molecule has 1 atom stereocenters. The zero-order valence-electron chi connectivity index (χ0n) is 14.3. The zero-order valence-corrected chi connectivity index (χ0v) is 15.1. The van der Waals surface area contributed by atoms with Gasteiger partial charge in [-0.15, -0.1) is 0 Å². The number of hydrogen-bond acceptors (Lipinski definition) is 4. The highest BCUT2D eigenvalue weighted by Gasteiger charge is 2.30. The maximum absolute atomic E-state index is 12.4. The van der Waals surface area contributed by atoms with Gasteiger partial charge < -0.3 is 10.6 Å². The number of benzene rings is 2. The van der Waals surface area contributed by atoms with E-state index < -0.39 is 11.0 Å². The van der Waals surface area contributed by atoms with Crippen LogP contribution in [-0.4, -0.2) is 15.8 Å². The third-order valence-electron chi connectivity index (χ3n) is 4.21. The largest absolute Gasteiger partial charge is 0.351 e. The molecule has 1 aliphatic rings. The second-order valence-corrected chi connectivity index (χ2v) is 6.50. The molecule has 0 aliphatic carbocycles. The molecule has 0 aromatic heterocycles. The molecule has 0 amide bonds. The Bertz CT molecular complexity index is 935. The Morgan fingerprint density at radius 2 is 1.88 bits per heavy atom. The molecule has 0 fully saturated rings. The molecule has 26 heavy (non-hydrogen) atoms. The normalized spacial score (nSPS) is 16.7. The highest BCUT2D eigenvalue weighted by Crippen LogP contribution is 2.33.